The predicted molar refractivity (Wildman–Crippen MR) is 112 cm³/mol. The van der Waals surface area contributed by atoms with Crippen molar-refractivity contribution in [1.82, 2.24) is 15.0 Å². The lowest BCUT2D eigenvalue weighted by atomic mass is 9.73. The third-order valence-electron chi connectivity index (χ3n) is 5.88. The minimum absolute atomic E-state index is 0.00954. The molecule has 29 heavy (non-hydrogen) atoms. The molecule has 2 aliphatic rings. The van der Waals surface area contributed by atoms with Crippen LogP contribution in [-0.4, -0.2) is 53.9 Å². The highest BCUT2D eigenvalue weighted by Crippen LogP contribution is 2.41. The number of rotatable bonds is 4. The van der Waals surface area contributed by atoms with Gasteiger partial charge in [0.2, 0.25) is 5.88 Å². The molecule has 0 aromatic carbocycles. The summed E-state index contributed by atoms with van der Waals surface area (Å²) in [6.45, 7) is 4.19. The molecule has 4 heterocycles. The second kappa shape index (κ2) is 8.14. The number of aromatic amines is 1. The number of piperidine rings is 1. The van der Waals surface area contributed by atoms with Gasteiger partial charge in [-0.25, -0.2) is 9.97 Å². The standard InChI is InChI=1S/C19H24ClN5O3S/c1-11-15(21)19(10-28-11)4-7-25(8-5-19)16-17(26)24-13(9-23-16)29-12-3-6-22-18(27-2)14(12)20/h3,6,9,11,15H,4-5,7-8,10,21H2,1-2H3,(H,24,26)/t11-,15+/m0/s1. The van der Waals surface area contributed by atoms with Gasteiger partial charge in [0.25, 0.3) is 5.56 Å². The number of H-pyrrole nitrogens is 1. The Labute approximate surface area is 178 Å². The van der Waals surface area contributed by atoms with Gasteiger partial charge in [0.05, 0.1) is 31.0 Å². The van der Waals surface area contributed by atoms with Crippen LogP contribution in [0.25, 0.3) is 0 Å². The lowest BCUT2D eigenvalue weighted by Gasteiger charge is -2.41. The smallest absolute Gasteiger partial charge is 0.291 e. The minimum Gasteiger partial charge on any atom is -0.480 e. The van der Waals surface area contributed by atoms with Gasteiger partial charge in [-0.3, -0.25) is 4.79 Å². The third-order valence-corrected chi connectivity index (χ3v) is 7.35. The molecule has 2 aliphatic heterocycles. The average Bonchev–Trinajstić information content (AvgIpc) is 2.99. The molecule has 3 N–H and O–H groups in total. The third kappa shape index (κ3) is 3.84. The first-order chi connectivity index (χ1) is 13.9. The van der Waals surface area contributed by atoms with Gasteiger partial charge >= 0.3 is 0 Å². The Hall–Kier alpha value is -1.81. The van der Waals surface area contributed by atoms with Crippen LogP contribution in [0.2, 0.25) is 5.02 Å². The van der Waals surface area contributed by atoms with E-state index in [-0.39, 0.29) is 23.1 Å². The summed E-state index contributed by atoms with van der Waals surface area (Å²) in [7, 11) is 1.51. The van der Waals surface area contributed by atoms with Gasteiger partial charge in [-0.15, -0.1) is 0 Å². The summed E-state index contributed by atoms with van der Waals surface area (Å²) in [5, 5.41) is 0.998. The van der Waals surface area contributed by atoms with Crippen molar-refractivity contribution in [3.05, 3.63) is 33.8 Å². The number of pyridine rings is 1. The SMILES string of the molecule is COc1nccc(Sc2cnc(N3CCC4(CC3)CO[C@@H](C)[C@H]4N)c(=O)[nH]2)c1Cl. The summed E-state index contributed by atoms with van der Waals surface area (Å²) in [4.78, 5) is 26.8. The number of hydrogen-bond donors (Lipinski definition) is 2. The zero-order chi connectivity index (χ0) is 20.6. The van der Waals surface area contributed by atoms with Crippen LogP contribution >= 0.6 is 23.4 Å². The largest absolute Gasteiger partial charge is 0.480 e. The second-order valence-corrected chi connectivity index (χ2v) is 8.99. The first-order valence-electron chi connectivity index (χ1n) is 9.51. The molecular formula is C19H24ClN5O3S. The first kappa shape index (κ1) is 20.5. The van der Waals surface area contributed by atoms with E-state index in [2.05, 4.69) is 15.0 Å². The highest BCUT2D eigenvalue weighted by atomic mass is 35.5. The van der Waals surface area contributed by atoms with Crippen LogP contribution in [0.1, 0.15) is 19.8 Å². The molecule has 0 aliphatic carbocycles. The van der Waals surface area contributed by atoms with E-state index in [1.807, 2.05) is 11.8 Å². The van der Waals surface area contributed by atoms with Crippen molar-refractivity contribution in [1.29, 1.82) is 0 Å². The Morgan fingerprint density at radius 3 is 2.79 bits per heavy atom. The van der Waals surface area contributed by atoms with Crippen molar-refractivity contribution in [2.45, 2.75) is 41.8 Å². The highest BCUT2D eigenvalue weighted by molar-refractivity contribution is 7.99. The molecule has 156 valence electrons. The molecule has 2 saturated heterocycles. The summed E-state index contributed by atoms with van der Waals surface area (Å²) in [6.07, 6.45) is 5.12. The fourth-order valence-electron chi connectivity index (χ4n) is 4.04. The van der Waals surface area contributed by atoms with E-state index in [4.69, 9.17) is 26.8 Å². The van der Waals surface area contributed by atoms with Gasteiger partial charge < -0.3 is 25.1 Å². The van der Waals surface area contributed by atoms with Gasteiger partial charge in [-0.2, -0.15) is 0 Å². The molecule has 2 aromatic heterocycles. The van der Waals surface area contributed by atoms with E-state index in [0.29, 0.717) is 28.4 Å². The van der Waals surface area contributed by atoms with Crippen molar-refractivity contribution in [3.8, 4) is 5.88 Å². The number of ether oxygens (including phenoxy) is 2. The molecule has 0 saturated carbocycles. The lowest BCUT2D eigenvalue weighted by molar-refractivity contribution is 0.0974. The van der Waals surface area contributed by atoms with E-state index in [9.17, 15) is 4.79 Å². The number of nitrogens with one attached hydrogen (secondary N) is 1. The number of hydrogen-bond acceptors (Lipinski definition) is 8. The van der Waals surface area contributed by atoms with E-state index < -0.39 is 0 Å². The van der Waals surface area contributed by atoms with Crippen molar-refractivity contribution in [2.75, 3.05) is 31.7 Å². The maximum absolute atomic E-state index is 12.7. The van der Waals surface area contributed by atoms with Crippen molar-refractivity contribution >= 4 is 29.2 Å². The van der Waals surface area contributed by atoms with Crippen LogP contribution in [0.4, 0.5) is 5.82 Å². The van der Waals surface area contributed by atoms with Crippen LogP contribution < -0.4 is 20.9 Å². The van der Waals surface area contributed by atoms with Crippen molar-refractivity contribution in [2.24, 2.45) is 11.1 Å². The van der Waals surface area contributed by atoms with Crippen molar-refractivity contribution in [3.63, 3.8) is 0 Å². The Morgan fingerprint density at radius 1 is 1.41 bits per heavy atom. The summed E-state index contributed by atoms with van der Waals surface area (Å²) in [5.41, 5.74) is 6.16. The molecule has 4 rings (SSSR count). The van der Waals surface area contributed by atoms with Crippen molar-refractivity contribution < 1.29 is 9.47 Å². The maximum Gasteiger partial charge on any atom is 0.291 e. The van der Waals surface area contributed by atoms with E-state index in [0.717, 1.165) is 30.8 Å². The summed E-state index contributed by atoms with van der Waals surface area (Å²) >= 11 is 7.59. The Morgan fingerprint density at radius 2 is 2.17 bits per heavy atom. The van der Waals surface area contributed by atoms with E-state index >= 15 is 0 Å². The average molecular weight is 438 g/mol. The zero-order valence-corrected chi connectivity index (χ0v) is 17.9. The molecule has 10 heteroatoms. The maximum atomic E-state index is 12.7. The van der Waals surface area contributed by atoms with E-state index in [1.165, 1.54) is 18.9 Å². The quantitative estimate of drug-likeness (QED) is 0.750. The fraction of sp³-hybridized carbons (Fsp3) is 0.526. The molecule has 0 amide bonds. The van der Waals surface area contributed by atoms with Crippen LogP contribution in [0.3, 0.4) is 0 Å². The van der Waals surface area contributed by atoms with Gasteiger partial charge in [0, 0.05) is 35.6 Å². The monoisotopic (exact) mass is 437 g/mol. The summed E-state index contributed by atoms with van der Waals surface area (Å²) < 4.78 is 10.9. The number of aromatic nitrogens is 3. The van der Waals surface area contributed by atoms with Crippen LogP contribution in [0.5, 0.6) is 5.88 Å². The van der Waals surface area contributed by atoms with Crippen LogP contribution in [-0.2, 0) is 4.74 Å². The number of nitrogens with zero attached hydrogens (tertiary/aromatic N) is 3. The Bertz CT molecular complexity index is 948. The normalized spacial score (nSPS) is 23.5. The molecular weight excluding hydrogens is 414 g/mol. The van der Waals surface area contributed by atoms with Gasteiger partial charge in [0.15, 0.2) is 5.82 Å². The van der Waals surface area contributed by atoms with Crippen LogP contribution in [0, 0.1) is 5.41 Å². The second-order valence-electron chi connectivity index (χ2n) is 7.53. The molecule has 8 nitrogen and oxygen atoms in total. The predicted octanol–water partition coefficient (Wildman–Crippen LogP) is 2.31. The number of nitrogens with two attached hydrogens (primary N) is 1. The summed E-state index contributed by atoms with van der Waals surface area (Å²) in [5.74, 6) is 0.775. The molecule has 2 aromatic rings. The molecule has 0 bridgehead atoms. The topological polar surface area (TPSA) is 106 Å². The summed E-state index contributed by atoms with van der Waals surface area (Å²) in [6, 6.07) is 1.80. The van der Waals surface area contributed by atoms with Gasteiger partial charge in [-0.1, -0.05) is 23.4 Å². The van der Waals surface area contributed by atoms with Crippen LogP contribution in [0.15, 0.2) is 33.2 Å². The number of halogens is 1. The molecule has 0 unspecified atom stereocenters. The molecule has 2 atom stereocenters. The Balaban J connectivity index is 1.47. The first-order valence-corrected chi connectivity index (χ1v) is 10.7. The molecule has 2 fully saturated rings. The zero-order valence-electron chi connectivity index (χ0n) is 16.4. The van der Waals surface area contributed by atoms with E-state index in [1.54, 1.807) is 18.5 Å². The highest BCUT2D eigenvalue weighted by Gasteiger charge is 2.47. The lowest BCUT2D eigenvalue weighted by Crippen LogP contribution is -2.51. The number of anilines is 1. The van der Waals surface area contributed by atoms with Gasteiger partial charge in [0.1, 0.15) is 5.02 Å². The minimum atomic E-state index is -0.219. The molecule has 1 spiro atoms. The number of methoxy groups -OCH3 is 1. The molecule has 0 radical (unpaired) electrons. The van der Waals surface area contributed by atoms with Gasteiger partial charge in [-0.05, 0) is 25.8 Å². The fourth-order valence-corrected chi connectivity index (χ4v) is 5.14. The Kier molecular flexibility index (Phi) is 5.74.